The molecule has 1 amide bonds. The SMILES string of the molecule is COc1ccc2cc(C(=O)NC(C)c3cc4ccccc4o3)c(C)nc2c1. The molecule has 2 aromatic carbocycles. The number of nitrogens with one attached hydrogen (secondary N) is 1. The summed E-state index contributed by atoms with van der Waals surface area (Å²) >= 11 is 0. The number of hydrogen-bond acceptors (Lipinski definition) is 4. The third-order valence-electron chi connectivity index (χ3n) is 4.68. The summed E-state index contributed by atoms with van der Waals surface area (Å²) < 4.78 is 11.1. The molecule has 0 radical (unpaired) electrons. The molecule has 0 bridgehead atoms. The van der Waals surface area contributed by atoms with Crippen LogP contribution in [-0.4, -0.2) is 18.0 Å². The Morgan fingerprint density at radius 3 is 2.70 bits per heavy atom. The Kier molecular flexibility index (Phi) is 4.28. The monoisotopic (exact) mass is 360 g/mol. The van der Waals surface area contributed by atoms with Crippen molar-refractivity contribution in [1.29, 1.82) is 0 Å². The Morgan fingerprint density at radius 1 is 1.11 bits per heavy atom. The Hall–Kier alpha value is -3.34. The number of pyridine rings is 1. The fraction of sp³-hybridized carbons (Fsp3) is 0.182. The predicted molar refractivity (Wildman–Crippen MR) is 105 cm³/mol. The van der Waals surface area contributed by atoms with Crippen LogP contribution in [0.3, 0.4) is 0 Å². The highest BCUT2D eigenvalue weighted by Gasteiger charge is 2.18. The topological polar surface area (TPSA) is 64.4 Å². The van der Waals surface area contributed by atoms with Gasteiger partial charge in [0.25, 0.3) is 5.91 Å². The van der Waals surface area contributed by atoms with Crippen molar-refractivity contribution in [2.75, 3.05) is 7.11 Å². The van der Waals surface area contributed by atoms with Crippen LogP contribution >= 0.6 is 0 Å². The average Bonchev–Trinajstić information content (AvgIpc) is 3.11. The molecule has 0 saturated carbocycles. The number of aryl methyl sites for hydroxylation is 1. The van der Waals surface area contributed by atoms with E-state index in [-0.39, 0.29) is 11.9 Å². The van der Waals surface area contributed by atoms with Gasteiger partial charge in [0.2, 0.25) is 0 Å². The fourth-order valence-corrected chi connectivity index (χ4v) is 3.16. The van der Waals surface area contributed by atoms with Crippen molar-refractivity contribution in [3.8, 4) is 5.75 Å². The lowest BCUT2D eigenvalue weighted by atomic mass is 10.1. The molecular weight excluding hydrogens is 340 g/mol. The lowest BCUT2D eigenvalue weighted by Crippen LogP contribution is -2.27. The van der Waals surface area contributed by atoms with Gasteiger partial charge < -0.3 is 14.5 Å². The van der Waals surface area contributed by atoms with E-state index in [9.17, 15) is 4.79 Å². The number of ether oxygens (including phenoxy) is 1. The van der Waals surface area contributed by atoms with Crippen LogP contribution in [0.25, 0.3) is 21.9 Å². The van der Waals surface area contributed by atoms with Crippen LogP contribution < -0.4 is 10.1 Å². The molecular formula is C22H20N2O3. The summed E-state index contributed by atoms with van der Waals surface area (Å²) in [6.45, 7) is 3.74. The number of methoxy groups -OCH3 is 1. The lowest BCUT2D eigenvalue weighted by molar-refractivity contribution is 0.0935. The second-order valence-electron chi connectivity index (χ2n) is 6.56. The zero-order valence-corrected chi connectivity index (χ0v) is 15.4. The van der Waals surface area contributed by atoms with Crippen molar-refractivity contribution in [2.45, 2.75) is 19.9 Å². The quantitative estimate of drug-likeness (QED) is 0.568. The molecule has 0 aliphatic rings. The molecule has 4 rings (SSSR count). The Labute approximate surface area is 157 Å². The van der Waals surface area contributed by atoms with Gasteiger partial charge in [0.1, 0.15) is 17.1 Å². The third kappa shape index (κ3) is 3.24. The van der Waals surface area contributed by atoms with Gasteiger partial charge in [0.05, 0.1) is 29.9 Å². The molecule has 5 nitrogen and oxygen atoms in total. The molecule has 0 fully saturated rings. The average molecular weight is 360 g/mol. The molecule has 1 unspecified atom stereocenters. The number of rotatable bonds is 4. The van der Waals surface area contributed by atoms with Gasteiger partial charge in [-0.3, -0.25) is 9.78 Å². The van der Waals surface area contributed by atoms with Gasteiger partial charge in [-0.2, -0.15) is 0 Å². The van der Waals surface area contributed by atoms with Gasteiger partial charge in [-0.05, 0) is 44.2 Å². The molecule has 1 atom stereocenters. The highest BCUT2D eigenvalue weighted by molar-refractivity contribution is 5.99. The van der Waals surface area contributed by atoms with Crippen LogP contribution in [0.15, 0.2) is 59.0 Å². The smallest absolute Gasteiger partial charge is 0.253 e. The van der Waals surface area contributed by atoms with Crippen molar-refractivity contribution >= 4 is 27.8 Å². The summed E-state index contributed by atoms with van der Waals surface area (Å²) in [5.41, 5.74) is 2.83. The number of nitrogens with zero attached hydrogens (tertiary/aromatic N) is 1. The summed E-state index contributed by atoms with van der Waals surface area (Å²) in [7, 11) is 1.62. The largest absolute Gasteiger partial charge is 0.497 e. The number of benzene rings is 2. The van der Waals surface area contributed by atoms with E-state index >= 15 is 0 Å². The molecule has 27 heavy (non-hydrogen) atoms. The van der Waals surface area contributed by atoms with Gasteiger partial charge in [0, 0.05) is 16.8 Å². The summed E-state index contributed by atoms with van der Waals surface area (Å²) in [4.78, 5) is 17.4. The number of carbonyl (C=O) groups is 1. The van der Waals surface area contributed by atoms with E-state index in [1.54, 1.807) is 7.11 Å². The summed E-state index contributed by atoms with van der Waals surface area (Å²) in [6.07, 6.45) is 0. The fourth-order valence-electron chi connectivity index (χ4n) is 3.16. The second kappa shape index (κ2) is 6.76. The molecule has 0 saturated heterocycles. The number of furan rings is 1. The standard InChI is InChI=1S/C22H20N2O3/c1-13-18(10-15-8-9-17(26-3)12-19(15)23-13)22(25)24-14(2)21-11-16-6-4-5-7-20(16)27-21/h4-12,14H,1-3H3,(H,24,25). The van der Waals surface area contributed by atoms with Crippen LogP contribution in [0.5, 0.6) is 5.75 Å². The molecule has 2 heterocycles. The van der Waals surface area contributed by atoms with Crippen LogP contribution in [0.1, 0.15) is 34.8 Å². The molecule has 5 heteroatoms. The minimum atomic E-state index is -0.254. The van der Waals surface area contributed by atoms with Crippen LogP contribution in [0, 0.1) is 6.92 Å². The summed E-state index contributed by atoms with van der Waals surface area (Å²) in [5.74, 6) is 1.29. The Bertz CT molecular complexity index is 1110. The van der Waals surface area contributed by atoms with Gasteiger partial charge in [-0.1, -0.05) is 18.2 Å². The number of fused-ring (bicyclic) bond motifs is 2. The van der Waals surface area contributed by atoms with Crippen LogP contribution in [0.2, 0.25) is 0 Å². The third-order valence-corrected chi connectivity index (χ3v) is 4.68. The molecule has 0 spiro atoms. The van der Waals surface area contributed by atoms with Gasteiger partial charge in [0.15, 0.2) is 0 Å². The van der Waals surface area contributed by atoms with Gasteiger partial charge in [-0.25, -0.2) is 0 Å². The first-order valence-corrected chi connectivity index (χ1v) is 8.80. The maximum absolute atomic E-state index is 12.8. The predicted octanol–water partition coefficient (Wildman–Crippen LogP) is 4.79. The van der Waals surface area contributed by atoms with Crippen molar-refractivity contribution in [3.63, 3.8) is 0 Å². The molecule has 136 valence electrons. The maximum Gasteiger partial charge on any atom is 0.253 e. The van der Waals surface area contributed by atoms with Crippen molar-refractivity contribution in [2.24, 2.45) is 0 Å². The van der Waals surface area contributed by atoms with Crippen molar-refractivity contribution < 1.29 is 13.9 Å². The number of hydrogen-bond donors (Lipinski definition) is 1. The van der Waals surface area contributed by atoms with Gasteiger partial charge >= 0.3 is 0 Å². The van der Waals surface area contributed by atoms with E-state index in [0.29, 0.717) is 11.3 Å². The highest BCUT2D eigenvalue weighted by Crippen LogP contribution is 2.25. The summed E-state index contributed by atoms with van der Waals surface area (Å²) in [5, 5.41) is 4.92. The molecule has 0 aliphatic heterocycles. The van der Waals surface area contributed by atoms with Gasteiger partial charge in [-0.15, -0.1) is 0 Å². The number of aromatic nitrogens is 1. The van der Waals surface area contributed by atoms with E-state index in [2.05, 4.69) is 10.3 Å². The van der Waals surface area contributed by atoms with E-state index < -0.39 is 0 Å². The number of para-hydroxylation sites is 1. The van der Waals surface area contributed by atoms with E-state index in [1.807, 2.05) is 68.4 Å². The second-order valence-corrected chi connectivity index (χ2v) is 6.56. The molecule has 0 aliphatic carbocycles. The minimum absolute atomic E-state index is 0.175. The van der Waals surface area contributed by atoms with E-state index in [1.165, 1.54) is 0 Å². The van der Waals surface area contributed by atoms with Crippen molar-refractivity contribution in [1.82, 2.24) is 10.3 Å². The van der Waals surface area contributed by atoms with Crippen LogP contribution in [-0.2, 0) is 0 Å². The van der Waals surface area contributed by atoms with E-state index in [0.717, 1.165) is 33.4 Å². The zero-order valence-electron chi connectivity index (χ0n) is 15.4. The first-order valence-electron chi connectivity index (χ1n) is 8.80. The highest BCUT2D eigenvalue weighted by atomic mass is 16.5. The zero-order chi connectivity index (χ0) is 19.0. The van der Waals surface area contributed by atoms with Crippen LogP contribution in [0.4, 0.5) is 0 Å². The Morgan fingerprint density at radius 2 is 1.93 bits per heavy atom. The normalized spacial score (nSPS) is 12.3. The minimum Gasteiger partial charge on any atom is -0.497 e. The molecule has 2 aromatic heterocycles. The summed E-state index contributed by atoms with van der Waals surface area (Å²) in [6, 6.07) is 17.0. The first-order chi connectivity index (χ1) is 13.0. The maximum atomic E-state index is 12.8. The lowest BCUT2D eigenvalue weighted by Gasteiger charge is -2.13. The Balaban J connectivity index is 1.60. The number of carbonyl (C=O) groups excluding carboxylic acids is 1. The molecule has 1 N–H and O–H groups in total. The van der Waals surface area contributed by atoms with Crippen molar-refractivity contribution in [3.05, 3.63) is 71.6 Å². The van der Waals surface area contributed by atoms with E-state index in [4.69, 9.17) is 9.15 Å². The first kappa shape index (κ1) is 17.1. The number of amides is 1. The molecule has 4 aromatic rings.